The first-order valence-electron chi connectivity index (χ1n) is 8.01. The molecule has 2 aromatic heterocycles. The summed E-state index contributed by atoms with van der Waals surface area (Å²) in [6.07, 6.45) is 1.13. The van der Waals surface area contributed by atoms with Crippen molar-refractivity contribution in [2.24, 2.45) is 0 Å². The Bertz CT molecular complexity index is 1310. The molecule has 10 heteroatoms. The van der Waals surface area contributed by atoms with Crippen LogP contribution in [-0.4, -0.2) is 14.6 Å². The number of hydrogen-bond donors (Lipinski definition) is 0. The number of halogens is 5. The molecule has 0 unspecified atom stereocenters. The van der Waals surface area contributed by atoms with Crippen molar-refractivity contribution < 1.29 is 17.9 Å². The number of hydrogen-bond acceptors (Lipinski definition) is 4. The van der Waals surface area contributed by atoms with Crippen molar-refractivity contribution in [3.05, 3.63) is 86.6 Å². The summed E-state index contributed by atoms with van der Waals surface area (Å²) in [5.41, 5.74) is 0.120. The largest absolute Gasteiger partial charge is 0.434 e. The third-order valence-electron chi connectivity index (χ3n) is 4.02. The number of benzene rings is 2. The minimum atomic E-state index is -1.66. The lowest BCUT2D eigenvalue weighted by molar-refractivity contribution is 0.383. The molecule has 0 N–H and O–H groups in total. The van der Waals surface area contributed by atoms with Crippen molar-refractivity contribution in [1.29, 1.82) is 0 Å². The second-order valence-corrected chi connectivity index (χ2v) is 6.61. The average molecular weight is 438 g/mol. The topological polar surface area (TPSA) is 56.5 Å². The van der Waals surface area contributed by atoms with Crippen molar-refractivity contribution in [3.63, 3.8) is 0 Å². The Morgan fingerprint density at radius 3 is 2.34 bits per heavy atom. The molecule has 4 aromatic rings. The van der Waals surface area contributed by atoms with Crippen LogP contribution in [0.4, 0.5) is 13.2 Å². The normalized spacial score (nSPS) is 11.1. The molecule has 2 aromatic carbocycles. The van der Waals surface area contributed by atoms with Gasteiger partial charge in [0, 0.05) is 11.6 Å². The van der Waals surface area contributed by atoms with Crippen LogP contribution in [-0.2, 0) is 0 Å². The van der Waals surface area contributed by atoms with E-state index in [2.05, 4.69) is 10.1 Å². The Balaban J connectivity index is 1.84. The van der Waals surface area contributed by atoms with E-state index in [1.54, 1.807) is 18.2 Å². The van der Waals surface area contributed by atoms with Crippen molar-refractivity contribution in [3.8, 4) is 22.8 Å². The molecular weight excluding hydrogens is 430 g/mol. The van der Waals surface area contributed by atoms with Gasteiger partial charge in [-0.15, -0.1) is 5.10 Å². The van der Waals surface area contributed by atoms with Gasteiger partial charge < -0.3 is 4.74 Å². The van der Waals surface area contributed by atoms with E-state index in [0.29, 0.717) is 5.52 Å². The van der Waals surface area contributed by atoms with Gasteiger partial charge in [-0.05, 0) is 30.3 Å². The summed E-state index contributed by atoms with van der Waals surface area (Å²) in [5, 5.41) is 4.56. The van der Waals surface area contributed by atoms with Gasteiger partial charge in [0.1, 0.15) is 6.33 Å². The standard InChI is InChI=1S/C19H8Cl2F3N3O2/c20-9-2-1-3-10(21)15(9)16-12-5-7-14(26-27(12)8-25-19(16)28)29-13-6-4-11(22)17(23)18(13)24/h1-8H. The molecule has 0 atom stereocenters. The summed E-state index contributed by atoms with van der Waals surface area (Å²) in [4.78, 5) is 16.1. The zero-order valence-electron chi connectivity index (χ0n) is 14.2. The number of aromatic nitrogens is 3. The lowest BCUT2D eigenvalue weighted by Crippen LogP contribution is -2.14. The highest BCUT2D eigenvalue weighted by atomic mass is 35.5. The molecule has 0 fully saturated rings. The number of fused-ring (bicyclic) bond motifs is 1. The summed E-state index contributed by atoms with van der Waals surface area (Å²) in [6.45, 7) is 0. The number of ether oxygens (including phenoxy) is 1. The van der Waals surface area contributed by atoms with Crippen LogP contribution in [0.15, 0.2) is 53.6 Å². The highest BCUT2D eigenvalue weighted by molar-refractivity contribution is 6.39. The van der Waals surface area contributed by atoms with E-state index in [9.17, 15) is 18.0 Å². The van der Waals surface area contributed by atoms with Crippen LogP contribution in [0.3, 0.4) is 0 Å². The Labute approximate surface area is 170 Å². The highest BCUT2D eigenvalue weighted by Crippen LogP contribution is 2.35. The molecule has 0 aliphatic carbocycles. The van der Waals surface area contributed by atoms with Gasteiger partial charge in [0.05, 0.1) is 21.1 Å². The fourth-order valence-electron chi connectivity index (χ4n) is 2.71. The third kappa shape index (κ3) is 3.41. The molecule has 0 saturated heterocycles. The maximum atomic E-state index is 13.8. The molecule has 29 heavy (non-hydrogen) atoms. The van der Waals surface area contributed by atoms with Crippen LogP contribution < -0.4 is 10.3 Å². The molecule has 0 saturated carbocycles. The Kier molecular flexibility index (Phi) is 4.89. The van der Waals surface area contributed by atoms with Crippen LogP contribution in [0.2, 0.25) is 10.0 Å². The van der Waals surface area contributed by atoms with Gasteiger partial charge in [-0.1, -0.05) is 29.3 Å². The third-order valence-corrected chi connectivity index (χ3v) is 4.65. The number of nitrogens with zero attached hydrogens (tertiary/aromatic N) is 3. The second kappa shape index (κ2) is 7.38. The number of rotatable bonds is 3. The van der Waals surface area contributed by atoms with Crippen LogP contribution in [0.1, 0.15) is 0 Å². The van der Waals surface area contributed by atoms with Crippen LogP contribution in [0, 0.1) is 17.5 Å². The average Bonchev–Trinajstić information content (AvgIpc) is 2.70. The predicted octanol–water partition coefficient (Wildman–Crippen LogP) is 5.27. The van der Waals surface area contributed by atoms with E-state index in [0.717, 1.165) is 18.5 Å². The predicted molar refractivity (Wildman–Crippen MR) is 101 cm³/mol. The monoisotopic (exact) mass is 437 g/mol. The molecule has 2 heterocycles. The van der Waals surface area contributed by atoms with Crippen molar-refractivity contribution in [1.82, 2.24) is 14.6 Å². The highest BCUT2D eigenvalue weighted by Gasteiger charge is 2.18. The molecule has 0 aliphatic heterocycles. The zero-order valence-corrected chi connectivity index (χ0v) is 15.7. The summed E-state index contributed by atoms with van der Waals surface area (Å²) >= 11 is 12.4. The zero-order chi connectivity index (χ0) is 20.7. The summed E-state index contributed by atoms with van der Waals surface area (Å²) in [5.74, 6) is -5.20. The van der Waals surface area contributed by atoms with E-state index in [1.165, 1.54) is 16.6 Å². The SMILES string of the molecule is O=c1ncn2nc(Oc3ccc(F)c(F)c3F)ccc2c1-c1c(Cl)cccc1Cl. The van der Waals surface area contributed by atoms with Gasteiger partial charge in [-0.25, -0.2) is 13.3 Å². The fraction of sp³-hybridized carbons (Fsp3) is 0. The molecule has 0 spiro atoms. The molecule has 0 bridgehead atoms. The van der Waals surface area contributed by atoms with Crippen LogP contribution >= 0.6 is 23.2 Å². The maximum Gasteiger partial charge on any atom is 0.281 e. The van der Waals surface area contributed by atoms with E-state index in [-0.39, 0.29) is 27.1 Å². The Hall–Kier alpha value is -3.10. The molecule has 146 valence electrons. The first-order valence-corrected chi connectivity index (χ1v) is 8.77. The lowest BCUT2D eigenvalue weighted by Gasteiger charge is -2.11. The lowest BCUT2D eigenvalue weighted by atomic mass is 10.1. The van der Waals surface area contributed by atoms with Gasteiger partial charge in [-0.3, -0.25) is 4.79 Å². The van der Waals surface area contributed by atoms with Crippen LogP contribution in [0.25, 0.3) is 16.6 Å². The van der Waals surface area contributed by atoms with E-state index >= 15 is 0 Å². The van der Waals surface area contributed by atoms with Gasteiger partial charge in [0.2, 0.25) is 11.7 Å². The summed E-state index contributed by atoms with van der Waals surface area (Å²) < 4.78 is 46.7. The van der Waals surface area contributed by atoms with Gasteiger partial charge in [-0.2, -0.15) is 9.37 Å². The Morgan fingerprint density at radius 1 is 0.897 bits per heavy atom. The van der Waals surface area contributed by atoms with Gasteiger partial charge in [0.25, 0.3) is 5.56 Å². The first kappa shape index (κ1) is 19.2. The van der Waals surface area contributed by atoms with E-state index in [1.807, 2.05) is 0 Å². The molecule has 0 radical (unpaired) electrons. The quantitative estimate of drug-likeness (QED) is 0.409. The molecule has 0 amide bonds. The smallest absolute Gasteiger partial charge is 0.281 e. The minimum absolute atomic E-state index is 0.112. The van der Waals surface area contributed by atoms with Crippen LogP contribution in [0.5, 0.6) is 11.6 Å². The van der Waals surface area contributed by atoms with E-state index in [4.69, 9.17) is 27.9 Å². The van der Waals surface area contributed by atoms with Gasteiger partial charge in [0.15, 0.2) is 17.4 Å². The molecular formula is C19H8Cl2F3N3O2. The molecule has 0 aliphatic rings. The fourth-order valence-corrected chi connectivity index (χ4v) is 3.30. The summed E-state index contributed by atoms with van der Waals surface area (Å²) in [6, 6.07) is 9.21. The van der Waals surface area contributed by atoms with Crippen molar-refractivity contribution in [2.45, 2.75) is 0 Å². The van der Waals surface area contributed by atoms with Gasteiger partial charge >= 0.3 is 0 Å². The maximum absolute atomic E-state index is 13.8. The first-order chi connectivity index (χ1) is 13.9. The second-order valence-electron chi connectivity index (χ2n) is 5.80. The van der Waals surface area contributed by atoms with Crippen molar-refractivity contribution in [2.75, 3.05) is 0 Å². The Morgan fingerprint density at radius 2 is 1.62 bits per heavy atom. The summed E-state index contributed by atoms with van der Waals surface area (Å²) in [7, 11) is 0. The molecule has 5 nitrogen and oxygen atoms in total. The minimum Gasteiger partial charge on any atom is -0.434 e. The molecule has 4 rings (SSSR count). The van der Waals surface area contributed by atoms with Crippen molar-refractivity contribution >= 4 is 28.7 Å². The van der Waals surface area contributed by atoms with E-state index < -0.39 is 28.8 Å².